The van der Waals surface area contributed by atoms with Crippen molar-refractivity contribution in [1.82, 2.24) is 9.97 Å². The van der Waals surface area contributed by atoms with Crippen LogP contribution in [0.3, 0.4) is 0 Å². The molecule has 0 spiro atoms. The second-order valence-electron chi connectivity index (χ2n) is 8.72. The molecule has 38 heavy (non-hydrogen) atoms. The first-order valence-electron chi connectivity index (χ1n) is 12.3. The van der Waals surface area contributed by atoms with Crippen LogP contribution in [0.15, 0.2) is 77.9 Å². The standard InChI is InChI=1S/C29H28ClN5O3/c1-20-3-12-26(27(17-20)36-2)38-28-25(31-18-21-4-6-22(30)7-5-21)19-32-29(34-28)33-23-8-10-24(11-9-23)35-13-15-37-16-14-35/h3-12,17-19H,13-16H2,1-2H3,(H,32,33,34)/b31-18+. The molecule has 194 valence electrons. The lowest BCUT2D eigenvalue weighted by Crippen LogP contribution is -2.36. The van der Waals surface area contributed by atoms with E-state index in [2.05, 4.69) is 37.3 Å². The molecule has 8 nitrogen and oxygen atoms in total. The van der Waals surface area contributed by atoms with E-state index in [1.807, 2.05) is 61.5 Å². The van der Waals surface area contributed by atoms with Gasteiger partial charge in [-0.1, -0.05) is 29.8 Å². The van der Waals surface area contributed by atoms with Gasteiger partial charge in [0.05, 0.1) is 26.5 Å². The van der Waals surface area contributed by atoms with Gasteiger partial charge in [0.15, 0.2) is 11.5 Å². The summed E-state index contributed by atoms with van der Waals surface area (Å²) in [5, 5.41) is 3.92. The first-order valence-corrected chi connectivity index (χ1v) is 12.6. The number of benzene rings is 3. The number of ether oxygens (including phenoxy) is 3. The van der Waals surface area contributed by atoms with Gasteiger partial charge in [-0.05, 0) is 66.6 Å². The monoisotopic (exact) mass is 529 g/mol. The van der Waals surface area contributed by atoms with E-state index in [9.17, 15) is 0 Å². The summed E-state index contributed by atoms with van der Waals surface area (Å²) in [5.74, 6) is 1.81. The molecule has 3 aromatic carbocycles. The SMILES string of the molecule is COc1cc(C)ccc1Oc1nc(Nc2ccc(N3CCOCC3)cc2)ncc1/N=C/c1ccc(Cl)cc1. The molecule has 0 atom stereocenters. The molecule has 1 aliphatic rings. The molecule has 0 bridgehead atoms. The number of nitrogens with zero attached hydrogens (tertiary/aromatic N) is 4. The number of hydrogen-bond acceptors (Lipinski definition) is 8. The molecule has 1 aliphatic heterocycles. The Kier molecular flexibility index (Phi) is 8.01. The van der Waals surface area contributed by atoms with Gasteiger partial charge in [-0.2, -0.15) is 4.98 Å². The molecule has 4 aromatic rings. The summed E-state index contributed by atoms with van der Waals surface area (Å²) >= 11 is 6.01. The molecular weight excluding hydrogens is 502 g/mol. The van der Waals surface area contributed by atoms with Crippen LogP contribution in [0.25, 0.3) is 0 Å². The van der Waals surface area contributed by atoms with Crippen LogP contribution in [0.1, 0.15) is 11.1 Å². The number of hydrogen-bond donors (Lipinski definition) is 1. The van der Waals surface area contributed by atoms with Crippen molar-refractivity contribution in [2.45, 2.75) is 6.92 Å². The number of methoxy groups -OCH3 is 1. The van der Waals surface area contributed by atoms with Crippen molar-refractivity contribution < 1.29 is 14.2 Å². The number of nitrogens with one attached hydrogen (secondary N) is 1. The van der Waals surface area contributed by atoms with Crippen molar-refractivity contribution in [1.29, 1.82) is 0 Å². The summed E-state index contributed by atoms with van der Waals surface area (Å²) < 4.78 is 17.2. The van der Waals surface area contributed by atoms with Gasteiger partial charge in [0.2, 0.25) is 5.95 Å². The van der Waals surface area contributed by atoms with Gasteiger partial charge in [-0.3, -0.25) is 0 Å². The van der Waals surface area contributed by atoms with Crippen molar-refractivity contribution in [3.8, 4) is 17.4 Å². The largest absolute Gasteiger partial charge is 0.493 e. The average Bonchev–Trinajstić information content (AvgIpc) is 2.95. The maximum Gasteiger partial charge on any atom is 0.250 e. The third-order valence-corrected chi connectivity index (χ3v) is 6.24. The molecule has 0 aliphatic carbocycles. The van der Waals surface area contributed by atoms with E-state index in [1.165, 1.54) is 0 Å². The van der Waals surface area contributed by atoms with Crippen LogP contribution in [0.5, 0.6) is 17.4 Å². The summed E-state index contributed by atoms with van der Waals surface area (Å²) in [6, 6.07) is 21.2. The topological polar surface area (TPSA) is 81.1 Å². The highest BCUT2D eigenvalue weighted by atomic mass is 35.5. The van der Waals surface area contributed by atoms with Crippen molar-refractivity contribution >= 4 is 40.8 Å². The van der Waals surface area contributed by atoms with Crippen molar-refractivity contribution in [2.24, 2.45) is 4.99 Å². The Bertz CT molecular complexity index is 1410. The predicted molar refractivity (Wildman–Crippen MR) is 151 cm³/mol. The normalized spacial score (nSPS) is 13.5. The second kappa shape index (κ2) is 11.9. The van der Waals surface area contributed by atoms with Gasteiger partial charge in [-0.15, -0.1) is 0 Å². The summed E-state index contributed by atoms with van der Waals surface area (Å²) in [4.78, 5) is 16.0. The molecule has 0 radical (unpaired) electrons. The van der Waals surface area contributed by atoms with Crippen molar-refractivity contribution in [2.75, 3.05) is 43.6 Å². The molecule has 5 rings (SSSR count). The lowest BCUT2D eigenvalue weighted by Gasteiger charge is -2.28. The lowest BCUT2D eigenvalue weighted by atomic mass is 10.2. The minimum Gasteiger partial charge on any atom is -0.493 e. The molecule has 0 amide bonds. The van der Waals surface area contributed by atoms with E-state index < -0.39 is 0 Å². The van der Waals surface area contributed by atoms with Crippen LogP contribution in [0, 0.1) is 6.92 Å². The molecule has 9 heteroatoms. The Morgan fingerprint density at radius 2 is 1.76 bits per heavy atom. The van der Waals surface area contributed by atoms with Crippen LogP contribution in [0.4, 0.5) is 23.0 Å². The summed E-state index contributed by atoms with van der Waals surface area (Å²) in [7, 11) is 1.61. The first-order chi connectivity index (χ1) is 18.6. The Balaban J connectivity index is 1.41. The van der Waals surface area contributed by atoms with Crippen LogP contribution < -0.4 is 19.7 Å². The zero-order valence-corrected chi connectivity index (χ0v) is 22.0. The third kappa shape index (κ3) is 6.40. The number of aryl methyl sites for hydroxylation is 1. The Morgan fingerprint density at radius 1 is 1.00 bits per heavy atom. The predicted octanol–water partition coefficient (Wildman–Crippen LogP) is 6.57. The van der Waals surface area contributed by atoms with Crippen LogP contribution in [-0.4, -0.2) is 49.6 Å². The molecule has 1 aromatic heterocycles. The molecule has 1 N–H and O–H groups in total. The minimum atomic E-state index is 0.291. The zero-order chi connectivity index (χ0) is 26.3. The van der Waals surface area contributed by atoms with Gasteiger partial charge in [0.1, 0.15) is 5.69 Å². The number of anilines is 3. The first kappa shape index (κ1) is 25.5. The highest BCUT2D eigenvalue weighted by molar-refractivity contribution is 6.30. The molecule has 1 saturated heterocycles. The average molecular weight is 530 g/mol. The number of aliphatic imine (C=N–C) groups is 1. The van der Waals surface area contributed by atoms with Crippen LogP contribution >= 0.6 is 11.6 Å². The highest BCUT2D eigenvalue weighted by Gasteiger charge is 2.14. The maximum atomic E-state index is 6.20. The van der Waals surface area contributed by atoms with Crippen molar-refractivity contribution in [3.63, 3.8) is 0 Å². The Morgan fingerprint density at radius 3 is 2.50 bits per heavy atom. The number of rotatable bonds is 8. The van der Waals surface area contributed by atoms with E-state index in [0.717, 1.165) is 48.8 Å². The van der Waals surface area contributed by atoms with Gasteiger partial charge in [0.25, 0.3) is 5.88 Å². The number of aromatic nitrogens is 2. The fourth-order valence-electron chi connectivity index (χ4n) is 3.95. The number of halogens is 1. The molecule has 1 fully saturated rings. The minimum absolute atomic E-state index is 0.291. The molecular formula is C29H28ClN5O3. The van der Waals surface area contributed by atoms with E-state index in [0.29, 0.717) is 34.0 Å². The van der Waals surface area contributed by atoms with Gasteiger partial charge >= 0.3 is 0 Å². The fourth-order valence-corrected chi connectivity index (χ4v) is 4.07. The summed E-state index contributed by atoms with van der Waals surface area (Å²) in [6.45, 7) is 5.25. The van der Waals surface area contributed by atoms with Crippen molar-refractivity contribution in [3.05, 3.63) is 89.1 Å². The molecule has 2 heterocycles. The van der Waals surface area contributed by atoms with Gasteiger partial charge in [0, 0.05) is 35.7 Å². The van der Waals surface area contributed by atoms with Gasteiger partial charge < -0.3 is 24.4 Å². The third-order valence-electron chi connectivity index (χ3n) is 5.98. The fraction of sp³-hybridized carbons (Fsp3) is 0.207. The summed E-state index contributed by atoms with van der Waals surface area (Å²) in [6.07, 6.45) is 3.34. The highest BCUT2D eigenvalue weighted by Crippen LogP contribution is 2.36. The quantitative estimate of drug-likeness (QED) is 0.258. The smallest absolute Gasteiger partial charge is 0.250 e. The summed E-state index contributed by atoms with van der Waals surface area (Å²) in [5.41, 5.74) is 4.42. The zero-order valence-electron chi connectivity index (χ0n) is 21.2. The molecule has 0 unspecified atom stereocenters. The van der Waals surface area contributed by atoms with E-state index in [-0.39, 0.29) is 0 Å². The van der Waals surface area contributed by atoms with Crippen LogP contribution in [0.2, 0.25) is 5.02 Å². The maximum absolute atomic E-state index is 6.20. The Hall–Kier alpha value is -4.14. The molecule has 0 saturated carbocycles. The van der Waals surface area contributed by atoms with E-state index >= 15 is 0 Å². The lowest BCUT2D eigenvalue weighted by molar-refractivity contribution is 0.122. The van der Waals surface area contributed by atoms with Crippen LogP contribution in [-0.2, 0) is 4.74 Å². The Labute approximate surface area is 226 Å². The number of morpholine rings is 1. The van der Waals surface area contributed by atoms with Gasteiger partial charge in [-0.25, -0.2) is 9.98 Å². The van der Waals surface area contributed by atoms with E-state index in [4.69, 9.17) is 25.8 Å². The van der Waals surface area contributed by atoms with E-state index in [1.54, 1.807) is 19.5 Å². The second-order valence-corrected chi connectivity index (χ2v) is 9.16.